The molecule has 0 radical (unpaired) electrons. The molecule has 2 aromatic rings. The number of nitrogen functional groups attached to an aromatic ring is 1. The van der Waals surface area contributed by atoms with Crippen molar-refractivity contribution in [3.05, 3.63) is 57.4 Å². The van der Waals surface area contributed by atoms with Crippen molar-refractivity contribution in [3.8, 4) is 5.69 Å². The highest BCUT2D eigenvalue weighted by Crippen LogP contribution is 2.30. The molecule has 0 bridgehead atoms. The third kappa shape index (κ3) is 2.04. The molecule has 2 aliphatic rings. The number of ether oxygens (including phenoxy) is 2. The Hall–Kier alpha value is -2.97. The molecule has 0 spiro atoms. The molecule has 1 saturated heterocycles. The van der Waals surface area contributed by atoms with Gasteiger partial charge in [-0.1, -0.05) is 18.2 Å². The van der Waals surface area contributed by atoms with Crippen LogP contribution in [-0.2, 0) is 9.47 Å². The molecule has 3 N–H and O–H groups in total. The van der Waals surface area contributed by atoms with Crippen LogP contribution in [0.2, 0.25) is 0 Å². The summed E-state index contributed by atoms with van der Waals surface area (Å²) in [6, 6.07) is 8.07. The summed E-state index contributed by atoms with van der Waals surface area (Å²) < 4.78 is 12.2. The molecule has 3 heterocycles. The van der Waals surface area contributed by atoms with Crippen molar-refractivity contribution in [3.63, 3.8) is 0 Å². The highest BCUT2D eigenvalue weighted by molar-refractivity contribution is 6.23. The molecule has 0 saturated carbocycles. The topological polar surface area (TPSA) is 113 Å². The molecule has 2 aliphatic heterocycles. The second kappa shape index (κ2) is 5.29. The van der Waals surface area contributed by atoms with Gasteiger partial charge in [0.15, 0.2) is 6.29 Å². The quantitative estimate of drug-likeness (QED) is 0.770. The summed E-state index contributed by atoms with van der Waals surface area (Å²) in [7, 11) is 0. The summed E-state index contributed by atoms with van der Waals surface area (Å²) in [5, 5.41) is 2.14. The average molecular weight is 327 g/mol. The van der Waals surface area contributed by atoms with Crippen LogP contribution in [0.3, 0.4) is 0 Å². The van der Waals surface area contributed by atoms with E-state index in [1.807, 2.05) is 0 Å². The van der Waals surface area contributed by atoms with E-state index in [4.69, 9.17) is 15.2 Å². The number of rotatable bonds is 2. The lowest BCUT2D eigenvalue weighted by Gasteiger charge is -2.18. The smallest absolute Gasteiger partial charge is 0.262 e. The Labute approximate surface area is 135 Å². The second-order valence-electron chi connectivity index (χ2n) is 5.41. The molecule has 1 aromatic carbocycles. The van der Waals surface area contributed by atoms with Crippen LogP contribution >= 0.6 is 0 Å². The van der Waals surface area contributed by atoms with Gasteiger partial charge in [-0.3, -0.25) is 24.3 Å². The standard InChI is InChI=1S/C16H13N3O5/c17-13-12-9(14(21)18-15(12)22)7-11(20)19(13)10-4-2-1-3-8(10)16-23-5-6-24-16/h1-4,7,16H,5-6,17H2,(H,18,21,22). The van der Waals surface area contributed by atoms with Gasteiger partial charge in [-0.2, -0.15) is 0 Å². The van der Waals surface area contributed by atoms with E-state index in [1.165, 1.54) is 4.57 Å². The van der Waals surface area contributed by atoms with Crippen molar-refractivity contribution < 1.29 is 19.1 Å². The Morgan fingerprint density at radius 3 is 2.54 bits per heavy atom. The Morgan fingerprint density at radius 1 is 1.08 bits per heavy atom. The Balaban J connectivity index is 1.96. The number of amides is 2. The number of anilines is 1. The van der Waals surface area contributed by atoms with Gasteiger partial charge in [0.25, 0.3) is 17.4 Å². The van der Waals surface area contributed by atoms with Gasteiger partial charge in [-0.15, -0.1) is 0 Å². The monoisotopic (exact) mass is 327 g/mol. The number of para-hydroxylation sites is 1. The van der Waals surface area contributed by atoms with Crippen LogP contribution in [-0.4, -0.2) is 29.6 Å². The zero-order chi connectivity index (χ0) is 16.8. The van der Waals surface area contributed by atoms with Crippen LogP contribution in [0.4, 0.5) is 5.82 Å². The van der Waals surface area contributed by atoms with Crippen LogP contribution in [0.5, 0.6) is 0 Å². The molecule has 122 valence electrons. The Kier molecular flexibility index (Phi) is 3.22. The van der Waals surface area contributed by atoms with Crippen LogP contribution in [0.25, 0.3) is 5.69 Å². The van der Waals surface area contributed by atoms with Crippen molar-refractivity contribution in [2.45, 2.75) is 6.29 Å². The zero-order valence-corrected chi connectivity index (χ0v) is 12.4. The minimum atomic E-state index is -0.623. The maximum Gasteiger partial charge on any atom is 0.262 e. The predicted octanol–water partition coefficient (Wildman–Crippen LogP) is 0.349. The van der Waals surface area contributed by atoms with Crippen molar-refractivity contribution in [2.75, 3.05) is 18.9 Å². The number of nitrogens with two attached hydrogens (primary N) is 1. The van der Waals surface area contributed by atoms with Gasteiger partial charge in [0, 0.05) is 11.6 Å². The average Bonchev–Trinajstić information content (AvgIpc) is 3.17. The summed E-state index contributed by atoms with van der Waals surface area (Å²) in [6.45, 7) is 0.898. The molecule has 8 heteroatoms. The van der Waals surface area contributed by atoms with Crippen LogP contribution < -0.4 is 16.6 Å². The maximum absolute atomic E-state index is 12.5. The highest BCUT2D eigenvalue weighted by atomic mass is 16.7. The molecule has 1 aromatic heterocycles. The summed E-state index contributed by atoms with van der Waals surface area (Å²) in [5.41, 5.74) is 6.60. The molecule has 24 heavy (non-hydrogen) atoms. The maximum atomic E-state index is 12.5. The minimum Gasteiger partial charge on any atom is -0.384 e. The van der Waals surface area contributed by atoms with Gasteiger partial charge < -0.3 is 15.2 Å². The largest absolute Gasteiger partial charge is 0.384 e. The fourth-order valence-electron chi connectivity index (χ4n) is 2.96. The first kappa shape index (κ1) is 14.6. The van der Waals surface area contributed by atoms with E-state index in [1.54, 1.807) is 24.3 Å². The SMILES string of the molecule is Nc1c2c(cc(=O)n1-c1ccccc1C1OCCO1)C(=O)NC2=O. The first-order valence-electron chi connectivity index (χ1n) is 7.31. The van der Waals surface area contributed by atoms with E-state index in [0.29, 0.717) is 24.5 Å². The molecule has 0 unspecified atom stereocenters. The zero-order valence-electron chi connectivity index (χ0n) is 12.4. The minimum absolute atomic E-state index is 0.00246. The number of carbonyl (C=O) groups is 2. The third-order valence-electron chi connectivity index (χ3n) is 4.01. The fourth-order valence-corrected chi connectivity index (χ4v) is 2.96. The van der Waals surface area contributed by atoms with E-state index in [-0.39, 0.29) is 16.9 Å². The van der Waals surface area contributed by atoms with E-state index in [2.05, 4.69) is 5.32 Å². The molecule has 2 amide bonds. The van der Waals surface area contributed by atoms with Gasteiger partial charge in [0.1, 0.15) is 5.82 Å². The number of aromatic nitrogens is 1. The van der Waals surface area contributed by atoms with Crippen LogP contribution in [0.15, 0.2) is 35.1 Å². The van der Waals surface area contributed by atoms with Crippen LogP contribution in [0, 0.1) is 0 Å². The summed E-state index contributed by atoms with van der Waals surface area (Å²) in [4.78, 5) is 36.2. The predicted molar refractivity (Wildman–Crippen MR) is 82.9 cm³/mol. The highest BCUT2D eigenvalue weighted by Gasteiger charge is 2.32. The van der Waals surface area contributed by atoms with Crippen molar-refractivity contribution in [2.24, 2.45) is 0 Å². The number of carbonyl (C=O) groups excluding carboxylic acids is 2. The molecule has 4 rings (SSSR count). The number of nitrogens with zero attached hydrogens (tertiary/aromatic N) is 1. The first-order chi connectivity index (χ1) is 11.6. The van der Waals surface area contributed by atoms with Gasteiger partial charge in [-0.25, -0.2) is 0 Å². The summed E-state index contributed by atoms with van der Waals surface area (Å²) in [6.07, 6.45) is -0.615. The van der Waals surface area contributed by atoms with Gasteiger partial charge in [0.05, 0.1) is 30.0 Å². The number of benzene rings is 1. The summed E-state index contributed by atoms with van der Waals surface area (Å²) in [5.74, 6) is -1.33. The first-order valence-corrected chi connectivity index (χ1v) is 7.31. The molecule has 1 fully saturated rings. The number of fused-ring (bicyclic) bond motifs is 1. The molecular formula is C16H13N3O5. The number of nitrogens with one attached hydrogen (secondary N) is 1. The Bertz CT molecular complexity index is 928. The molecule has 0 aliphatic carbocycles. The van der Waals surface area contributed by atoms with Gasteiger partial charge >= 0.3 is 0 Å². The van der Waals surface area contributed by atoms with E-state index < -0.39 is 23.7 Å². The fraction of sp³-hybridized carbons (Fsp3) is 0.188. The lowest BCUT2D eigenvalue weighted by atomic mass is 10.1. The molecule has 8 nitrogen and oxygen atoms in total. The van der Waals surface area contributed by atoms with Crippen molar-refractivity contribution >= 4 is 17.6 Å². The number of pyridine rings is 1. The molecule has 0 atom stereocenters. The number of imide groups is 1. The lowest BCUT2D eigenvalue weighted by Crippen LogP contribution is -2.25. The Morgan fingerprint density at radius 2 is 1.79 bits per heavy atom. The van der Waals surface area contributed by atoms with E-state index in [9.17, 15) is 14.4 Å². The van der Waals surface area contributed by atoms with Gasteiger partial charge in [0.2, 0.25) is 0 Å². The van der Waals surface area contributed by atoms with Crippen molar-refractivity contribution in [1.82, 2.24) is 9.88 Å². The number of hydrogen-bond acceptors (Lipinski definition) is 6. The second-order valence-corrected chi connectivity index (χ2v) is 5.41. The normalized spacial score (nSPS) is 17.2. The van der Waals surface area contributed by atoms with E-state index in [0.717, 1.165) is 6.07 Å². The molecular weight excluding hydrogens is 314 g/mol. The van der Waals surface area contributed by atoms with Gasteiger partial charge in [-0.05, 0) is 6.07 Å². The van der Waals surface area contributed by atoms with Crippen LogP contribution in [0.1, 0.15) is 32.6 Å². The van der Waals surface area contributed by atoms with E-state index >= 15 is 0 Å². The lowest BCUT2D eigenvalue weighted by molar-refractivity contribution is -0.0440. The third-order valence-corrected chi connectivity index (χ3v) is 4.01. The van der Waals surface area contributed by atoms with Crippen molar-refractivity contribution in [1.29, 1.82) is 0 Å². The summed E-state index contributed by atoms with van der Waals surface area (Å²) >= 11 is 0. The number of hydrogen-bond donors (Lipinski definition) is 2.